The number of hydrogen-bond acceptors (Lipinski definition) is 9. The van der Waals surface area contributed by atoms with Gasteiger partial charge in [-0.1, -0.05) is 23.5 Å². The smallest absolute Gasteiger partial charge is 0.337 e. The molecule has 0 spiro atoms. The third-order valence-electron chi connectivity index (χ3n) is 6.33. The fourth-order valence-corrected chi connectivity index (χ4v) is 5.68. The molecule has 0 fully saturated rings. The van der Waals surface area contributed by atoms with Crippen LogP contribution in [0.3, 0.4) is 0 Å². The molecule has 41 heavy (non-hydrogen) atoms. The molecule has 0 amide bonds. The molecule has 1 aliphatic rings. The third-order valence-corrected chi connectivity index (χ3v) is 7.33. The normalized spacial score (nSPS) is 14.4. The predicted molar refractivity (Wildman–Crippen MR) is 158 cm³/mol. The molecule has 0 saturated heterocycles. The van der Waals surface area contributed by atoms with Gasteiger partial charge in [0, 0.05) is 11.8 Å². The Labute approximate surface area is 242 Å². The van der Waals surface area contributed by atoms with E-state index in [9.17, 15) is 9.59 Å². The van der Waals surface area contributed by atoms with Crippen molar-refractivity contribution in [2.75, 3.05) is 34.0 Å². The molecule has 0 bridgehead atoms. The predicted octanol–water partition coefficient (Wildman–Crippen LogP) is 3.95. The second kappa shape index (κ2) is 13.4. The number of fused-ring (bicyclic) bond motifs is 1. The molecule has 3 aromatic rings. The second-order valence-corrected chi connectivity index (χ2v) is 9.89. The molecular formula is C31H34N2O7S. The fraction of sp³-hybridized carbons (Fsp3) is 0.323. The van der Waals surface area contributed by atoms with Gasteiger partial charge in [-0.05, 0) is 68.7 Å². The maximum Gasteiger partial charge on any atom is 0.337 e. The third kappa shape index (κ3) is 6.07. The number of allylic oxidation sites excluding steroid dienone is 1. The number of rotatable bonds is 12. The molecule has 9 nitrogen and oxygen atoms in total. The quantitative estimate of drug-likeness (QED) is 0.237. The van der Waals surface area contributed by atoms with Crippen molar-refractivity contribution >= 4 is 23.4 Å². The summed E-state index contributed by atoms with van der Waals surface area (Å²) >= 11 is 1.23. The van der Waals surface area contributed by atoms with Gasteiger partial charge in [-0.3, -0.25) is 9.36 Å². The first-order valence-electron chi connectivity index (χ1n) is 13.3. The van der Waals surface area contributed by atoms with Crippen molar-refractivity contribution in [1.29, 1.82) is 0 Å². The van der Waals surface area contributed by atoms with E-state index in [1.807, 2.05) is 39.0 Å². The maximum atomic E-state index is 14.0. The topological polar surface area (TPSA) is 97.6 Å². The molecule has 2 heterocycles. The Kier molecular flexibility index (Phi) is 9.67. The summed E-state index contributed by atoms with van der Waals surface area (Å²) in [6.07, 6.45) is 5.60. The molecular weight excluding hydrogens is 544 g/mol. The zero-order chi connectivity index (χ0) is 29.5. The first kappa shape index (κ1) is 29.7. The Morgan fingerprint density at radius 1 is 1.02 bits per heavy atom. The Morgan fingerprint density at radius 3 is 2.39 bits per heavy atom. The van der Waals surface area contributed by atoms with E-state index >= 15 is 0 Å². The Balaban J connectivity index is 1.91. The largest absolute Gasteiger partial charge is 0.493 e. The lowest BCUT2D eigenvalue weighted by molar-refractivity contribution is -0.136. The molecule has 0 saturated carbocycles. The molecule has 0 aliphatic carbocycles. The van der Waals surface area contributed by atoms with Crippen LogP contribution in [-0.2, 0) is 16.0 Å². The number of carbonyl (C=O) groups excluding carboxylic acids is 1. The minimum absolute atomic E-state index is 0.231. The van der Waals surface area contributed by atoms with Crippen molar-refractivity contribution in [3.05, 3.63) is 91.1 Å². The van der Waals surface area contributed by atoms with Gasteiger partial charge in [-0.2, -0.15) is 0 Å². The first-order valence-corrected chi connectivity index (χ1v) is 14.2. The number of methoxy groups -OCH3 is 2. The summed E-state index contributed by atoms with van der Waals surface area (Å²) in [5.41, 5.74) is 2.25. The van der Waals surface area contributed by atoms with E-state index in [1.165, 1.54) is 29.2 Å². The van der Waals surface area contributed by atoms with E-state index in [0.717, 1.165) is 11.1 Å². The van der Waals surface area contributed by atoms with E-state index in [1.54, 1.807) is 31.4 Å². The minimum atomic E-state index is -0.776. The van der Waals surface area contributed by atoms with Gasteiger partial charge in [0.25, 0.3) is 5.56 Å². The van der Waals surface area contributed by atoms with Gasteiger partial charge in [0.1, 0.15) is 0 Å². The van der Waals surface area contributed by atoms with Crippen LogP contribution < -0.4 is 33.8 Å². The van der Waals surface area contributed by atoms with E-state index in [2.05, 4.69) is 11.6 Å². The summed E-state index contributed by atoms with van der Waals surface area (Å²) < 4.78 is 30.0. The highest BCUT2D eigenvalue weighted by Gasteiger charge is 2.31. The monoisotopic (exact) mass is 578 g/mol. The molecule has 0 N–H and O–H groups in total. The van der Waals surface area contributed by atoms with Gasteiger partial charge in [0.05, 0.1) is 50.2 Å². The van der Waals surface area contributed by atoms with Crippen molar-refractivity contribution in [2.45, 2.75) is 33.2 Å². The van der Waals surface area contributed by atoms with Crippen LogP contribution in [0.25, 0.3) is 6.08 Å². The number of carbonyl (C=O) groups is 1. The number of aromatic nitrogens is 1. The molecule has 4 rings (SSSR count). The maximum absolute atomic E-state index is 14.0. The van der Waals surface area contributed by atoms with Crippen LogP contribution in [-0.4, -0.2) is 44.6 Å². The average molecular weight is 579 g/mol. The van der Waals surface area contributed by atoms with Crippen LogP contribution in [0.1, 0.15) is 43.5 Å². The average Bonchev–Trinajstić information content (AvgIpc) is 3.28. The summed E-state index contributed by atoms with van der Waals surface area (Å²) in [4.78, 5) is 31.7. The molecule has 1 aromatic heterocycles. The molecule has 216 valence electrons. The summed E-state index contributed by atoms with van der Waals surface area (Å²) in [6, 6.07) is 8.39. The van der Waals surface area contributed by atoms with Crippen LogP contribution in [0.15, 0.2) is 64.5 Å². The van der Waals surface area contributed by atoms with Gasteiger partial charge in [-0.25, -0.2) is 9.79 Å². The number of thiazole rings is 1. The summed E-state index contributed by atoms with van der Waals surface area (Å²) in [6.45, 7) is 10.9. The summed E-state index contributed by atoms with van der Waals surface area (Å²) in [5, 5.41) is 0. The van der Waals surface area contributed by atoms with Gasteiger partial charge in [-0.15, -0.1) is 6.58 Å². The number of hydrogen-bond donors (Lipinski definition) is 0. The van der Waals surface area contributed by atoms with Gasteiger partial charge < -0.3 is 23.7 Å². The van der Waals surface area contributed by atoms with Crippen molar-refractivity contribution in [1.82, 2.24) is 4.57 Å². The standard InChI is InChI=1S/C31H34N2O7S/c1-7-11-21-14-19(15-25(40-10-4)28(21)36-5)16-26-29(34)33-27(22(30(35)37-6)18-32-31(33)41-26)20-12-13-23(38-8-2)24(17-20)39-9-3/h7,12-18,27H,1,8-11H2,2-6H3/b26-16-/t27-/m0/s1. The molecule has 10 heteroatoms. The Hall–Kier alpha value is -4.31. The highest BCUT2D eigenvalue weighted by molar-refractivity contribution is 7.07. The van der Waals surface area contributed by atoms with Crippen LogP contribution in [0.5, 0.6) is 23.0 Å². The van der Waals surface area contributed by atoms with Crippen LogP contribution in [0.4, 0.5) is 0 Å². The van der Waals surface area contributed by atoms with Gasteiger partial charge in [0.2, 0.25) is 0 Å². The lowest BCUT2D eigenvalue weighted by Crippen LogP contribution is -2.39. The zero-order valence-corrected chi connectivity index (χ0v) is 24.7. The molecule has 1 aliphatic heterocycles. The number of benzene rings is 2. The summed E-state index contributed by atoms with van der Waals surface area (Å²) in [7, 11) is 2.90. The van der Waals surface area contributed by atoms with E-state index in [4.69, 9.17) is 23.7 Å². The SMILES string of the molecule is C=CCc1cc(/C=c2\sc3n(c2=O)[C@@H](c2ccc(OCC)c(OCC)c2)C(C(=O)OC)=CN=3)cc(OCC)c1OC. The van der Waals surface area contributed by atoms with Crippen molar-refractivity contribution in [3.63, 3.8) is 0 Å². The molecule has 2 aromatic carbocycles. The lowest BCUT2D eigenvalue weighted by Gasteiger charge is -2.23. The van der Waals surface area contributed by atoms with E-state index in [-0.39, 0.29) is 11.1 Å². The van der Waals surface area contributed by atoms with Gasteiger partial charge in [0.15, 0.2) is 27.8 Å². The molecule has 0 unspecified atom stereocenters. The second-order valence-electron chi connectivity index (χ2n) is 8.89. The van der Waals surface area contributed by atoms with E-state index < -0.39 is 12.0 Å². The number of ether oxygens (including phenoxy) is 5. The highest BCUT2D eigenvalue weighted by Crippen LogP contribution is 2.36. The van der Waals surface area contributed by atoms with E-state index in [0.29, 0.717) is 64.1 Å². The Bertz CT molecular complexity index is 1650. The number of esters is 1. The minimum Gasteiger partial charge on any atom is -0.493 e. The molecule has 1 atom stereocenters. The van der Waals surface area contributed by atoms with Crippen LogP contribution in [0.2, 0.25) is 0 Å². The zero-order valence-electron chi connectivity index (χ0n) is 23.9. The summed E-state index contributed by atoms with van der Waals surface area (Å²) in [5.74, 6) is 1.73. The van der Waals surface area contributed by atoms with Crippen LogP contribution >= 0.6 is 11.3 Å². The van der Waals surface area contributed by atoms with Crippen LogP contribution in [0, 0.1) is 0 Å². The van der Waals surface area contributed by atoms with Crippen molar-refractivity contribution in [2.24, 2.45) is 4.99 Å². The highest BCUT2D eigenvalue weighted by atomic mass is 32.1. The van der Waals surface area contributed by atoms with Gasteiger partial charge >= 0.3 is 5.97 Å². The van der Waals surface area contributed by atoms with Crippen molar-refractivity contribution < 1.29 is 28.5 Å². The Morgan fingerprint density at radius 2 is 1.73 bits per heavy atom. The molecule has 0 radical (unpaired) electrons. The van der Waals surface area contributed by atoms with Crippen molar-refractivity contribution in [3.8, 4) is 23.0 Å². The first-order chi connectivity index (χ1) is 19.9. The fourth-order valence-electron chi connectivity index (χ4n) is 4.71. The number of nitrogens with zero attached hydrogens (tertiary/aromatic N) is 2. The lowest BCUT2D eigenvalue weighted by atomic mass is 9.97.